The first-order valence-corrected chi connectivity index (χ1v) is 13.0. The molecular formula is C36H32N2. The fraction of sp³-hybridized carbons (Fsp3) is 0.0833. The van der Waals surface area contributed by atoms with Crippen LogP contribution < -0.4 is 5.73 Å². The quantitative estimate of drug-likeness (QED) is 0.170. The molecule has 0 heterocycles. The molecule has 0 aliphatic carbocycles. The van der Waals surface area contributed by atoms with Crippen LogP contribution in [0.3, 0.4) is 0 Å². The van der Waals surface area contributed by atoms with E-state index in [-0.39, 0.29) is 6.04 Å². The normalized spacial score (nSPS) is 12.2. The van der Waals surface area contributed by atoms with Crippen LogP contribution in [0.1, 0.15) is 36.1 Å². The van der Waals surface area contributed by atoms with Gasteiger partial charge in [-0.1, -0.05) is 128 Å². The van der Waals surface area contributed by atoms with Gasteiger partial charge in [0.15, 0.2) is 0 Å². The molecule has 2 N–H and O–H groups in total. The third-order valence-corrected chi connectivity index (χ3v) is 6.92. The molecule has 5 rings (SSSR count). The van der Waals surface area contributed by atoms with Gasteiger partial charge >= 0.3 is 0 Å². The Morgan fingerprint density at radius 2 is 1.05 bits per heavy atom. The fourth-order valence-electron chi connectivity index (χ4n) is 4.68. The minimum absolute atomic E-state index is 0.0192. The Morgan fingerprint density at radius 3 is 1.61 bits per heavy atom. The molecule has 0 aromatic heterocycles. The molecule has 0 amide bonds. The minimum Gasteiger partial charge on any atom is -0.399 e. The van der Waals surface area contributed by atoms with Crippen molar-refractivity contribution in [2.24, 2.45) is 4.99 Å². The van der Waals surface area contributed by atoms with E-state index in [1.54, 1.807) is 0 Å². The zero-order valence-corrected chi connectivity index (χ0v) is 21.7. The maximum absolute atomic E-state index is 5.84. The maximum Gasteiger partial charge on any atom is 0.0792 e. The fourth-order valence-corrected chi connectivity index (χ4v) is 4.68. The van der Waals surface area contributed by atoms with Gasteiger partial charge in [0.25, 0.3) is 0 Å². The number of nitrogens with two attached hydrogens (primary N) is 1. The van der Waals surface area contributed by atoms with Crippen LogP contribution in [0.2, 0.25) is 0 Å². The van der Waals surface area contributed by atoms with Crippen LogP contribution in [0.25, 0.3) is 27.8 Å². The summed E-state index contributed by atoms with van der Waals surface area (Å²) in [7, 11) is 0. The van der Waals surface area contributed by atoms with E-state index < -0.39 is 0 Å². The summed E-state index contributed by atoms with van der Waals surface area (Å²) in [4.78, 5) is 5.20. The zero-order chi connectivity index (χ0) is 26.3. The topological polar surface area (TPSA) is 38.4 Å². The van der Waals surface area contributed by atoms with Gasteiger partial charge in [-0.3, -0.25) is 4.99 Å². The lowest BCUT2D eigenvalue weighted by Gasteiger charge is -2.17. The molecule has 38 heavy (non-hydrogen) atoms. The second-order valence-corrected chi connectivity index (χ2v) is 9.59. The predicted octanol–water partition coefficient (Wildman–Crippen LogP) is 9.26. The van der Waals surface area contributed by atoms with Gasteiger partial charge in [-0.15, -0.1) is 0 Å². The Bertz CT molecular complexity index is 1510. The van der Waals surface area contributed by atoms with Crippen LogP contribution in [0.5, 0.6) is 0 Å². The molecule has 0 radical (unpaired) electrons. The first-order chi connectivity index (χ1) is 18.6. The summed E-state index contributed by atoms with van der Waals surface area (Å²) >= 11 is 0. The summed E-state index contributed by atoms with van der Waals surface area (Å²) in [5, 5.41) is 0. The van der Waals surface area contributed by atoms with E-state index in [0.717, 1.165) is 45.6 Å². The van der Waals surface area contributed by atoms with E-state index >= 15 is 0 Å². The highest BCUT2D eigenvalue weighted by atomic mass is 14.8. The van der Waals surface area contributed by atoms with Crippen molar-refractivity contribution in [3.05, 3.63) is 157 Å². The Morgan fingerprint density at radius 1 is 0.605 bits per heavy atom. The predicted molar refractivity (Wildman–Crippen MR) is 163 cm³/mol. The van der Waals surface area contributed by atoms with Crippen LogP contribution in [-0.2, 0) is 0 Å². The van der Waals surface area contributed by atoms with Crippen LogP contribution in [0.15, 0.2) is 145 Å². The van der Waals surface area contributed by atoms with Gasteiger partial charge in [0.2, 0.25) is 0 Å². The smallest absolute Gasteiger partial charge is 0.0792 e. The van der Waals surface area contributed by atoms with Crippen LogP contribution in [0, 0.1) is 0 Å². The molecule has 0 saturated carbocycles. The second kappa shape index (κ2) is 11.6. The van der Waals surface area contributed by atoms with Crippen molar-refractivity contribution in [1.29, 1.82) is 0 Å². The minimum atomic E-state index is -0.0192. The highest BCUT2D eigenvalue weighted by Crippen LogP contribution is 2.31. The molecule has 0 aliphatic rings. The summed E-state index contributed by atoms with van der Waals surface area (Å²) in [6.07, 6.45) is 0.746. The number of nitrogens with zero attached hydrogens (tertiary/aromatic N) is 1. The summed E-state index contributed by atoms with van der Waals surface area (Å²) in [5.41, 5.74) is 16.9. The van der Waals surface area contributed by atoms with Crippen molar-refractivity contribution in [3.8, 4) is 22.3 Å². The molecule has 0 fully saturated rings. The number of aliphatic imine (C=N–C) groups is 1. The second-order valence-electron chi connectivity index (χ2n) is 9.59. The van der Waals surface area contributed by atoms with E-state index in [1.165, 1.54) is 16.7 Å². The lowest BCUT2D eigenvalue weighted by Crippen LogP contribution is -2.03. The van der Waals surface area contributed by atoms with Gasteiger partial charge < -0.3 is 5.73 Å². The average Bonchev–Trinajstić information content (AvgIpc) is 2.98. The number of hydrogen-bond donors (Lipinski definition) is 1. The third kappa shape index (κ3) is 5.99. The first kappa shape index (κ1) is 25.0. The number of nitrogen functional groups attached to an aromatic ring is 1. The lowest BCUT2D eigenvalue weighted by atomic mass is 9.94. The number of hydrogen-bond acceptors (Lipinski definition) is 2. The van der Waals surface area contributed by atoms with E-state index in [4.69, 9.17) is 10.7 Å². The van der Waals surface area contributed by atoms with Gasteiger partial charge in [0.1, 0.15) is 0 Å². The molecule has 1 atom stereocenters. The first-order valence-electron chi connectivity index (χ1n) is 13.0. The highest BCUT2D eigenvalue weighted by Gasteiger charge is 2.14. The Labute approximate surface area is 225 Å². The number of rotatable bonds is 8. The van der Waals surface area contributed by atoms with Crippen LogP contribution >= 0.6 is 0 Å². The zero-order valence-electron chi connectivity index (χ0n) is 21.7. The lowest BCUT2D eigenvalue weighted by molar-refractivity contribution is 0.754. The van der Waals surface area contributed by atoms with E-state index in [1.807, 2.05) is 24.3 Å². The third-order valence-electron chi connectivity index (χ3n) is 6.92. The van der Waals surface area contributed by atoms with Gasteiger partial charge in [-0.25, -0.2) is 0 Å². The molecular weight excluding hydrogens is 460 g/mol. The highest BCUT2D eigenvalue weighted by molar-refractivity contribution is 5.99. The van der Waals surface area contributed by atoms with Crippen molar-refractivity contribution >= 4 is 17.0 Å². The summed E-state index contributed by atoms with van der Waals surface area (Å²) < 4.78 is 0. The number of benzene rings is 5. The van der Waals surface area contributed by atoms with Crippen molar-refractivity contribution in [2.45, 2.75) is 19.4 Å². The molecule has 5 aromatic carbocycles. The average molecular weight is 493 g/mol. The summed E-state index contributed by atoms with van der Waals surface area (Å²) in [5.74, 6) is 0. The Kier molecular flexibility index (Phi) is 7.61. The van der Waals surface area contributed by atoms with Crippen LogP contribution in [-0.4, -0.2) is 5.71 Å². The summed E-state index contributed by atoms with van der Waals surface area (Å²) in [6, 6.07) is 46.1. The van der Waals surface area contributed by atoms with Crippen molar-refractivity contribution < 1.29 is 0 Å². The number of anilines is 1. The molecule has 5 aromatic rings. The molecule has 2 heteroatoms. The van der Waals surface area contributed by atoms with E-state index in [9.17, 15) is 0 Å². The monoisotopic (exact) mass is 492 g/mol. The van der Waals surface area contributed by atoms with Gasteiger partial charge in [-0.05, 0) is 70.0 Å². The molecule has 0 saturated heterocycles. The molecule has 2 nitrogen and oxygen atoms in total. The maximum atomic E-state index is 5.84. The largest absolute Gasteiger partial charge is 0.399 e. The molecule has 0 aliphatic heterocycles. The van der Waals surface area contributed by atoms with Gasteiger partial charge in [-0.2, -0.15) is 0 Å². The standard InChI is InChI=1S/C36H32N2/c1-26(28-13-17-31(18-14-28)30-9-5-3-6-10-30)25-36(34-11-7-4-8-12-34)38-27(2)29-15-19-32(20-16-29)33-21-23-35(37)24-22-33/h3-24,36H,1,25,37H2,2H3/b38-27+. The van der Waals surface area contributed by atoms with Gasteiger partial charge in [0.05, 0.1) is 6.04 Å². The molecule has 186 valence electrons. The molecule has 1 unspecified atom stereocenters. The molecule has 0 spiro atoms. The molecule has 0 bridgehead atoms. The van der Waals surface area contributed by atoms with Crippen LogP contribution in [0.4, 0.5) is 5.69 Å². The van der Waals surface area contributed by atoms with E-state index in [2.05, 4.69) is 123 Å². The SMILES string of the molecule is C=C(CC(/N=C(\C)c1ccc(-c2ccc(N)cc2)cc1)c1ccccc1)c1ccc(-c2ccccc2)cc1. The summed E-state index contributed by atoms with van der Waals surface area (Å²) in [6.45, 7) is 6.53. The van der Waals surface area contributed by atoms with Crippen molar-refractivity contribution in [1.82, 2.24) is 0 Å². The Balaban J connectivity index is 1.37. The van der Waals surface area contributed by atoms with Crippen molar-refractivity contribution in [3.63, 3.8) is 0 Å². The Hall–Kier alpha value is -4.69. The van der Waals surface area contributed by atoms with Crippen molar-refractivity contribution in [2.75, 3.05) is 5.73 Å². The van der Waals surface area contributed by atoms with Gasteiger partial charge in [0, 0.05) is 11.4 Å². The van der Waals surface area contributed by atoms with E-state index in [0.29, 0.717) is 0 Å².